The normalized spacial score (nSPS) is 11.8. The number of aromatic hydroxyl groups is 1. The third-order valence-electron chi connectivity index (χ3n) is 5.99. The number of phenols is 1. The number of nitrogens with zero attached hydrogens (tertiary/aromatic N) is 3. The predicted molar refractivity (Wildman–Crippen MR) is 141 cm³/mol. The summed E-state index contributed by atoms with van der Waals surface area (Å²) < 4.78 is 34.0. The fourth-order valence-electron chi connectivity index (χ4n) is 3.81. The summed E-state index contributed by atoms with van der Waals surface area (Å²) >= 11 is 0. The van der Waals surface area contributed by atoms with Gasteiger partial charge in [-0.25, -0.2) is 8.42 Å². The molecule has 37 heavy (non-hydrogen) atoms. The van der Waals surface area contributed by atoms with Gasteiger partial charge in [0.25, 0.3) is 5.89 Å². The van der Waals surface area contributed by atoms with E-state index in [1.807, 2.05) is 54.6 Å². The van der Waals surface area contributed by atoms with E-state index in [1.165, 1.54) is 28.1 Å². The van der Waals surface area contributed by atoms with Crippen molar-refractivity contribution in [2.45, 2.75) is 37.6 Å². The second-order valence-corrected chi connectivity index (χ2v) is 10.9. The largest absolute Gasteiger partial charge is 0.507 e. The first-order valence-corrected chi connectivity index (χ1v) is 13.2. The van der Waals surface area contributed by atoms with Gasteiger partial charge in [-0.15, -0.1) is 0 Å². The molecular formula is C27H29N5O4S. The second kappa shape index (κ2) is 10.9. The maximum Gasteiger partial charge on any atom is 0.257 e. The van der Waals surface area contributed by atoms with Crippen LogP contribution < -0.4 is 5.73 Å². The van der Waals surface area contributed by atoms with Crippen LogP contribution in [0.3, 0.4) is 0 Å². The zero-order valence-corrected chi connectivity index (χ0v) is 21.4. The van der Waals surface area contributed by atoms with E-state index in [0.29, 0.717) is 17.9 Å². The standard InChI is InChI=1S/C27H29N5O4S/c1-18(2)20-10-8-19(9-11-20)14-15-32(17-25-30-27(36-31-25)21-6-4-3-5-7-21)37(34,35)24-16-22(26(28)29)12-13-23(24)33/h3-13,16,18,33H,14-15,17H2,1-2H3,(H3,28,29). The molecule has 0 atom stereocenters. The van der Waals surface area contributed by atoms with Gasteiger partial charge in [-0.3, -0.25) is 5.41 Å². The quantitative estimate of drug-likeness (QED) is 0.209. The molecule has 1 heterocycles. The van der Waals surface area contributed by atoms with E-state index < -0.39 is 15.8 Å². The number of phenolic OH excluding ortho intramolecular Hbond substituents is 1. The first-order chi connectivity index (χ1) is 17.6. The molecule has 0 saturated carbocycles. The Bertz CT molecular complexity index is 1480. The molecule has 4 rings (SSSR count). The van der Waals surface area contributed by atoms with Crippen molar-refractivity contribution in [2.24, 2.45) is 5.73 Å². The number of benzene rings is 3. The van der Waals surface area contributed by atoms with Crippen LogP contribution >= 0.6 is 0 Å². The van der Waals surface area contributed by atoms with Gasteiger partial charge in [-0.2, -0.15) is 9.29 Å². The maximum absolute atomic E-state index is 13.7. The predicted octanol–water partition coefficient (Wildman–Crippen LogP) is 4.28. The van der Waals surface area contributed by atoms with Crippen LogP contribution in [0, 0.1) is 5.41 Å². The van der Waals surface area contributed by atoms with Crippen molar-refractivity contribution in [3.63, 3.8) is 0 Å². The van der Waals surface area contributed by atoms with E-state index in [0.717, 1.165) is 5.56 Å². The Kier molecular flexibility index (Phi) is 7.70. The fourth-order valence-corrected chi connectivity index (χ4v) is 5.31. The molecule has 0 fully saturated rings. The summed E-state index contributed by atoms with van der Waals surface area (Å²) in [5.74, 6) is 0.103. The zero-order chi connectivity index (χ0) is 26.6. The van der Waals surface area contributed by atoms with Gasteiger partial charge < -0.3 is 15.4 Å². The van der Waals surface area contributed by atoms with Crippen molar-refractivity contribution in [2.75, 3.05) is 6.54 Å². The van der Waals surface area contributed by atoms with Crippen LogP contribution in [-0.4, -0.2) is 40.4 Å². The van der Waals surface area contributed by atoms with E-state index >= 15 is 0 Å². The molecule has 9 nitrogen and oxygen atoms in total. The highest BCUT2D eigenvalue weighted by Gasteiger charge is 2.29. The number of nitrogens with one attached hydrogen (secondary N) is 1. The summed E-state index contributed by atoms with van der Waals surface area (Å²) in [6, 6.07) is 21.0. The lowest BCUT2D eigenvalue weighted by atomic mass is 10.0. The Morgan fingerprint density at radius 2 is 1.78 bits per heavy atom. The number of sulfonamides is 1. The molecule has 0 unspecified atom stereocenters. The molecular weight excluding hydrogens is 490 g/mol. The lowest BCUT2D eigenvalue weighted by molar-refractivity contribution is 0.374. The summed E-state index contributed by atoms with van der Waals surface area (Å²) in [5.41, 5.74) is 8.62. The Balaban J connectivity index is 1.66. The molecule has 1 aromatic heterocycles. The van der Waals surface area contributed by atoms with Gasteiger partial charge in [0, 0.05) is 17.7 Å². The van der Waals surface area contributed by atoms with Gasteiger partial charge in [0.2, 0.25) is 10.0 Å². The Labute approximate surface area is 216 Å². The molecule has 0 spiro atoms. The minimum atomic E-state index is -4.22. The molecule has 0 radical (unpaired) electrons. The van der Waals surface area contributed by atoms with Crippen molar-refractivity contribution < 1.29 is 18.0 Å². The van der Waals surface area contributed by atoms with Crippen LogP contribution in [-0.2, 0) is 23.0 Å². The van der Waals surface area contributed by atoms with Gasteiger partial charge >= 0.3 is 0 Å². The highest BCUT2D eigenvalue weighted by molar-refractivity contribution is 7.89. The van der Waals surface area contributed by atoms with Gasteiger partial charge in [-0.1, -0.05) is 61.5 Å². The second-order valence-electron chi connectivity index (χ2n) is 8.96. The first kappa shape index (κ1) is 26.1. The molecule has 0 saturated heterocycles. The summed E-state index contributed by atoms with van der Waals surface area (Å²) in [4.78, 5) is 4.04. The van der Waals surface area contributed by atoms with Crippen LogP contribution in [0.25, 0.3) is 11.5 Å². The fraction of sp³-hybridized carbons (Fsp3) is 0.222. The van der Waals surface area contributed by atoms with Crippen molar-refractivity contribution >= 4 is 15.9 Å². The summed E-state index contributed by atoms with van der Waals surface area (Å²) in [7, 11) is -4.22. The van der Waals surface area contributed by atoms with Crippen molar-refractivity contribution in [3.05, 3.63) is 95.3 Å². The molecule has 4 aromatic rings. The van der Waals surface area contributed by atoms with Crippen molar-refractivity contribution in [1.82, 2.24) is 14.4 Å². The number of hydrogen-bond donors (Lipinski definition) is 3. The molecule has 3 aromatic carbocycles. The third-order valence-corrected chi connectivity index (χ3v) is 7.87. The Morgan fingerprint density at radius 1 is 1.08 bits per heavy atom. The molecule has 0 aliphatic rings. The zero-order valence-electron chi connectivity index (χ0n) is 20.6. The number of rotatable bonds is 10. The third kappa shape index (κ3) is 6.04. The summed E-state index contributed by atoms with van der Waals surface area (Å²) in [6.07, 6.45) is 0.425. The van der Waals surface area contributed by atoms with E-state index in [4.69, 9.17) is 15.7 Å². The molecule has 0 bridgehead atoms. The highest BCUT2D eigenvalue weighted by atomic mass is 32.2. The molecule has 0 aliphatic carbocycles. The van der Waals surface area contributed by atoms with Gasteiger partial charge in [0.05, 0.1) is 6.54 Å². The number of amidine groups is 1. The van der Waals surface area contributed by atoms with E-state index in [1.54, 1.807) is 0 Å². The molecule has 192 valence electrons. The van der Waals surface area contributed by atoms with E-state index in [2.05, 4.69) is 24.0 Å². The van der Waals surface area contributed by atoms with E-state index in [9.17, 15) is 13.5 Å². The minimum Gasteiger partial charge on any atom is -0.507 e. The smallest absolute Gasteiger partial charge is 0.257 e. The average molecular weight is 520 g/mol. The van der Waals surface area contributed by atoms with Crippen LogP contribution in [0.4, 0.5) is 0 Å². The maximum atomic E-state index is 13.7. The molecule has 0 aliphatic heterocycles. The Morgan fingerprint density at radius 3 is 2.43 bits per heavy atom. The molecule has 0 amide bonds. The lowest BCUT2D eigenvalue weighted by Gasteiger charge is -2.22. The van der Waals surface area contributed by atoms with Gasteiger partial charge in [-0.05, 0) is 53.8 Å². The van der Waals surface area contributed by atoms with Gasteiger partial charge in [0.15, 0.2) is 5.82 Å². The lowest BCUT2D eigenvalue weighted by Crippen LogP contribution is -2.33. The van der Waals surface area contributed by atoms with Crippen LogP contribution in [0.2, 0.25) is 0 Å². The molecule has 4 N–H and O–H groups in total. The highest BCUT2D eigenvalue weighted by Crippen LogP contribution is 2.28. The summed E-state index contributed by atoms with van der Waals surface area (Å²) in [6.45, 7) is 4.15. The van der Waals surface area contributed by atoms with Crippen LogP contribution in [0.5, 0.6) is 5.75 Å². The first-order valence-electron chi connectivity index (χ1n) is 11.8. The van der Waals surface area contributed by atoms with Crippen LogP contribution in [0.1, 0.15) is 42.3 Å². The average Bonchev–Trinajstić information content (AvgIpc) is 3.36. The Hall–Kier alpha value is -4.02. The SMILES string of the molecule is CC(C)c1ccc(CCN(Cc2noc(-c3ccccc3)n2)S(=O)(=O)c2cc(C(=N)N)ccc2O)cc1. The van der Waals surface area contributed by atoms with E-state index in [-0.39, 0.29) is 41.1 Å². The number of nitrogen functional groups attached to an aromatic ring is 1. The topological polar surface area (TPSA) is 146 Å². The minimum absolute atomic E-state index is 0.0995. The van der Waals surface area contributed by atoms with Crippen molar-refractivity contribution in [3.8, 4) is 17.2 Å². The van der Waals surface area contributed by atoms with Gasteiger partial charge in [0.1, 0.15) is 16.5 Å². The monoisotopic (exact) mass is 519 g/mol. The number of nitrogens with two attached hydrogens (primary N) is 1. The molecule has 10 heteroatoms. The van der Waals surface area contributed by atoms with Crippen LogP contribution in [0.15, 0.2) is 82.2 Å². The number of aromatic nitrogens is 2. The van der Waals surface area contributed by atoms with Crippen molar-refractivity contribution in [1.29, 1.82) is 5.41 Å². The number of hydrogen-bond acceptors (Lipinski definition) is 7. The summed E-state index contributed by atoms with van der Waals surface area (Å²) in [5, 5.41) is 22.1.